The van der Waals surface area contributed by atoms with E-state index in [0.29, 0.717) is 16.9 Å². The molecule has 0 spiro atoms. The lowest BCUT2D eigenvalue weighted by Gasteiger charge is -2.23. The first-order valence-electron chi connectivity index (χ1n) is 7.36. The van der Waals surface area contributed by atoms with E-state index in [-0.39, 0.29) is 24.4 Å². The minimum atomic E-state index is -0.462. The first kappa shape index (κ1) is 15.7. The maximum atomic E-state index is 12.6. The van der Waals surface area contributed by atoms with Gasteiger partial charge in [-0.15, -0.1) is 0 Å². The molecule has 0 saturated carbocycles. The molecule has 24 heavy (non-hydrogen) atoms. The second-order valence-electron chi connectivity index (χ2n) is 5.50. The highest BCUT2D eigenvalue weighted by atomic mass is 16.5. The van der Waals surface area contributed by atoms with Crippen molar-refractivity contribution in [3.8, 4) is 0 Å². The highest BCUT2D eigenvalue weighted by Crippen LogP contribution is 2.21. The molecule has 1 unspecified atom stereocenters. The van der Waals surface area contributed by atoms with Gasteiger partial charge in [-0.25, -0.2) is 4.79 Å². The summed E-state index contributed by atoms with van der Waals surface area (Å²) in [5.41, 5.74) is 1.69. The summed E-state index contributed by atoms with van der Waals surface area (Å²) in [6.07, 6.45) is 1.46. The maximum absolute atomic E-state index is 12.6. The predicted molar refractivity (Wildman–Crippen MR) is 84.3 cm³/mol. The van der Waals surface area contributed by atoms with E-state index in [2.05, 4.69) is 10.5 Å². The zero-order valence-corrected chi connectivity index (χ0v) is 13.2. The van der Waals surface area contributed by atoms with Crippen LogP contribution in [0, 0.1) is 0 Å². The number of urea groups is 1. The van der Waals surface area contributed by atoms with Gasteiger partial charge >= 0.3 is 6.03 Å². The summed E-state index contributed by atoms with van der Waals surface area (Å²) in [5, 5.41) is 6.05. The van der Waals surface area contributed by atoms with Crippen molar-refractivity contribution in [3.05, 3.63) is 47.9 Å². The molecule has 1 aromatic carbocycles. The highest BCUT2D eigenvalue weighted by molar-refractivity contribution is 6.12. The van der Waals surface area contributed by atoms with E-state index in [1.807, 2.05) is 6.92 Å². The monoisotopic (exact) mass is 328 g/mol. The number of nitrogens with one attached hydrogen (secondary N) is 1. The molecule has 3 rings (SSSR count). The fraction of sp³-hybridized carbons (Fsp3) is 0.250. The van der Waals surface area contributed by atoms with Crippen molar-refractivity contribution in [1.29, 1.82) is 0 Å². The van der Waals surface area contributed by atoms with Crippen LogP contribution in [0.3, 0.4) is 0 Å². The number of carbonyl (C=O) groups is 3. The summed E-state index contributed by atoms with van der Waals surface area (Å²) < 4.78 is 4.80. The number of rotatable bonds is 4. The van der Waals surface area contributed by atoms with E-state index in [4.69, 9.17) is 4.52 Å². The van der Waals surface area contributed by atoms with Crippen LogP contribution in [0.1, 0.15) is 29.0 Å². The van der Waals surface area contributed by atoms with Crippen LogP contribution in [0.4, 0.5) is 10.5 Å². The van der Waals surface area contributed by atoms with Crippen LogP contribution in [0.5, 0.6) is 0 Å². The highest BCUT2D eigenvalue weighted by Gasteiger charge is 2.28. The first-order chi connectivity index (χ1) is 11.5. The van der Waals surface area contributed by atoms with Gasteiger partial charge in [0.2, 0.25) is 5.91 Å². The van der Waals surface area contributed by atoms with Crippen LogP contribution in [-0.2, 0) is 4.79 Å². The van der Waals surface area contributed by atoms with E-state index < -0.39 is 6.03 Å². The van der Waals surface area contributed by atoms with E-state index in [0.717, 1.165) is 0 Å². The largest absolute Gasteiger partial charge is 0.364 e. The molecule has 8 nitrogen and oxygen atoms in total. The van der Waals surface area contributed by atoms with Crippen LogP contribution >= 0.6 is 0 Å². The van der Waals surface area contributed by atoms with Crippen molar-refractivity contribution in [3.63, 3.8) is 0 Å². The van der Waals surface area contributed by atoms with Gasteiger partial charge in [-0.1, -0.05) is 5.16 Å². The summed E-state index contributed by atoms with van der Waals surface area (Å²) in [6.45, 7) is 1.83. The molecule has 1 atom stereocenters. The van der Waals surface area contributed by atoms with Crippen molar-refractivity contribution in [2.75, 3.05) is 18.5 Å². The molecule has 2 heterocycles. The summed E-state index contributed by atoms with van der Waals surface area (Å²) in [4.78, 5) is 38.3. The summed E-state index contributed by atoms with van der Waals surface area (Å²) >= 11 is 0. The summed E-state index contributed by atoms with van der Waals surface area (Å²) in [6, 6.07) is 7.54. The quantitative estimate of drug-likeness (QED) is 0.859. The molecule has 4 amide bonds. The molecule has 1 fully saturated rings. The van der Waals surface area contributed by atoms with Gasteiger partial charge in [0.15, 0.2) is 0 Å². The zero-order chi connectivity index (χ0) is 17.3. The molecule has 124 valence electrons. The Labute approximate surface area is 138 Å². The van der Waals surface area contributed by atoms with Crippen LogP contribution in [0.15, 0.2) is 41.1 Å². The number of imide groups is 1. The molecule has 1 aliphatic rings. The van der Waals surface area contributed by atoms with Crippen LogP contribution in [0.2, 0.25) is 0 Å². The Hall–Kier alpha value is -3.16. The van der Waals surface area contributed by atoms with Crippen molar-refractivity contribution in [2.45, 2.75) is 13.0 Å². The van der Waals surface area contributed by atoms with Gasteiger partial charge in [0.05, 0.1) is 6.04 Å². The summed E-state index contributed by atoms with van der Waals surface area (Å²) in [7, 11) is 1.68. The predicted octanol–water partition coefficient (Wildman–Crippen LogP) is 1.56. The Bertz CT molecular complexity index is 770. The second-order valence-corrected chi connectivity index (χ2v) is 5.50. The van der Waals surface area contributed by atoms with Gasteiger partial charge in [-0.3, -0.25) is 19.8 Å². The number of carbonyl (C=O) groups excluding carboxylic acids is 3. The average molecular weight is 328 g/mol. The van der Waals surface area contributed by atoms with Crippen molar-refractivity contribution >= 4 is 23.5 Å². The zero-order valence-electron chi connectivity index (χ0n) is 13.2. The van der Waals surface area contributed by atoms with Crippen LogP contribution in [0.25, 0.3) is 0 Å². The molecule has 1 aliphatic heterocycles. The Morgan fingerprint density at radius 3 is 2.54 bits per heavy atom. The molecular formula is C16H16N4O4. The third kappa shape index (κ3) is 2.85. The first-order valence-corrected chi connectivity index (χ1v) is 7.36. The third-order valence-electron chi connectivity index (χ3n) is 4.01. The molecule has 0 bridgehead atoms. The standard InChI is InChI=1S/C16H16N4O4/c1-10(13-7-8-24-18-13)19(2)15(22)11-3-5-12(6-4-11)20-9-14(21)17-16(20)23/h3-8,10H,9H2,1-2H3,(H,17,21,23). The lowest BCUT2D eigenvalue weighted by molar-refractivity contribution is -0.117. The SMILES string of the molecule is CC(c1ccon1)N(C)C(=O)c1ccc(N2CC(=O)NC2=O)cc1. The van der Waals surface area contributed by atoms with Gasteiger partial charge in [-0.2, -0.15) is 0 Å². The molecule has 0 aliphatic carbocycles. The lowest BCUT2D eigenvalue weighted by atomic mass is 10.1. The Morgan fingerprint density at radius 2 is 2.00 bits per heavy atom. The number of nitrogens with zero attached hydrogens (tertiary/aromatic N) is 3. The van der Waals surface area contributed by atoms with E-state index >= 15 is 0 Å². The van der Waals surface area contributed by atoms with Crippen molar-refractivity contribution < 1.29 is 18.9 Å². The Morgan fingerprint density at radius 1 is 1.29 bits per heavy atom. The number of hydrogen-bond donors (Lipinski definition) is 1. The summed E-state index contributed by atoms with van der Waals surface area (Å²) in [5.74, 6) is -0.527. The second kappa shape index (κ2) is 6.15. The fourth-order valence-corrected chi connectivity index (χ4v) is 2.45. The molecular weight excluding hydrogens is 312 g/mol. The Kier molecular flexibility index (Phi) is 4.03. The number of anilines is 1. The average Bonchev–Trinajstić information content (AvgIpc) is 3.22. The Balaban J connectivity index is 1.74. The normalized spacial score (nSPS) is 15.3. The van der Waals surface area contributed by atoms with Gasteiger partial charge in [0.25, 0.3) is 5.91 Å². The molecule has 1 aromatic heterocycles. The van der Waals surface area contributed by atoms with Gasteiger partial charge in [0, 0.05) is 24.4 Å². The van der Waals surface area contributed by atoms with E-state index in [1.165, 1.54) is 11.2 Å². The number of benzene rings is 1. The van der Waals surface area contributed by atoms with E-state index in [1.54, 1.807) is 42.3 Å². The molecule has 1 N–H and O–H groups in total. The lowest BCUT2D eigenvalue weighted by Crippen LogP contribution is -2.30. The van der Waals surface area contributed by atoms with Gasteiger partial charge < -0.3 is 9.42 Å². The minimum Gasteiger partial charge on any atom is -0.364 e. The molecule has 2 aromatic rings. The minimum absolute atomic E-state index is 0.0186. The van der Waals surface area contributed by atoms with Crippen molar-refractivity contribution in [2.24, 2.45) is 0 Å². The van der Waals surface area contributed by atoms with Crippen LogP contribution in [-0.4, -0.2) is 41.5 Å². The molecule has 8 heteroatoms. The third-order valence-corrected chi connectivity index (χ3v) is 4.01. The molecule has 1 saturated heterocycles. The van der Waals surface area contributed by atoms with Crippen LogP contribution < -0.4 is 10.2 Å². The molecule has 0 radical (unpaired) electrons. The maximum Gasteiger partial charge on any atom is 0.329 e. The number of aromatic nitrogens is 1. The number of hydrogen-bond acceptors (Lipinski definition) is 5. The van der Waals surface area contributed by atoms with E-state index in [9.17, 15) is 14.4 Å². The number of amides is 4. The van der Waals surface area contributed by atoms with Gasteiger partial charge in [-0.05, 0) is 31.2 Å². The topological polar surface area (TPSA) is 95.8 Å². The fourth-order valence-electron chi connectivity index (χ4n) is 2.45. The van der Waals surface area contributed by atoms with Crippen molar-refractivity contribution in [1.82, 2.24) is 15.4 Å². The smallest absolute Gasteiger partial charge is 0.329 e. The van der Waals surface area contributed by atoms with Gasteiger partial charge in [0.1, 0.15) is 18.5 Å².